The predicted octanol–water partition coefficient (Wildman–Crippen LogP) is -0.206. The number of thiazole rings is 1. The molecule has 1 fully saturated rings. The van der Waals surface area contributed by atoms with Crippen molar-refractivity contribution in [1.82, 2.24) is 20.1 Å². The molecule has 3 N–H and O–H groups in total. The van der Waals surface area contributed by atoms with Gasteiger partial charge >= 0.3 is 0 Å². The maximum absolute atomic E-state index is 12.1. The number of nitrogens with zero attached hydrogens (tertiary/aromatic N) is 3. The Labute approximate surface area is 134 Å². The molecule has 22 heavy (non-hydrogen) atoms. The van der Waals surface area contributed by atoms with E-state index in [1.54, 1.807) is 4.90 Å². The number of likely N-dealkylation sites (N-methyl/N-ethyl adjacent to an activating group) is 1. The van der Waals surface area contributed by atoms with Crippen LogP contribution < -0.4 is 11.1 Å². The number of hydrogen-bond acceptors (Lipinski definition) is 6. The molecule has 7 nitrogen and oxygen atoms in total. The highest BCUT2D eigenvalue weighted by Crippen LogP contribution is 2.17. The normalized spacial score (nSPS) is 18.2. The van der Waals surface area contributed by atoms with Gasteiger partial charge in [0.15, 0.2) is 5.13 Å². The second-order valence-corrected chi connectivity index (χ2v) is 6.65. The van der Waals surface area contributed by atoms with Crippen LogP contribution >= 0.6 is 11.3 Å². The number of carbonyl (C=O) groups is 2. The molecule has 0 radical (unpaired) electrons. The Morgan fingerprint density at radius 2 is 2.36 bits per heavy atom. The van der Waals surface area contributed by atoms with Gasteiger partial charge < -0.3 is 20.9 Å². The number of likely N-dealkylation sites (tertiary alicyclic amines) is 1. The third kappa shape index (κ3) is 4.67. The Hall–Kier alpha value is -1.67. The molecule has 0 saturated carbocycles. The lowest BCUT2D eigenvalue weighted by molar-refractivity contribution is -0.129. The molecule has 1 saturated heterocycles. The minimum atomic E-state index is -0.241. The van der Waals surface area contributed by atoms with Gasteiger partial charge in [0.2, 0.25) is 11.8 Å². The van der Waals surface area contributed by atoms with Crippen LogP contribution in [0.3, 0.4) is 0 Å². The van der Waals surface area contributed by atoms with E-state index in [9.17, 15) is 9.59 Å². The van der Waals surface area contributed by atoms with Gasteiger partial charge in [-0.25, -0.2) is 4.98 Å². The molecule has 0 aliphatic carbocycles. The summed E-state index contributed by atoms with van der Waals surface area (Å²) in [7, 11) is 3.94. The summed E-state index contributed by atoms with van der Waals surface area (Å²) in [5, 5.41) is 5.32. The van der Waals surface area contributed by atoms with Crippen LogP contribution in [0.2, 0.25) is 0 Å². The fourth-order valence-corrected chi connectivity index (χ4v) is 2.98. The molecule has 1 aromatic rings. The van der Waals surface area contributed by atoms with Gasteiger partial charge in [0.25, 0.3) is 0 Å². The van der Waals surface area contributed by atoms with Crippen molar-refractivity contribution in [2.24, 2.45) is 5.92 Å². The van der Waals surface area contributed by atoms with E-state index in [1.807, 2.05) is 24.4 Å². The largest absolute Gasteiger partial charge is 0.375 e. The highest BCUT2D eigenvalue weighted by molar-refractivity contribution is 7.13. The first-order valence-electron chi connectivity index (χ1n) is 7.36. The van der Waals surface area contributed by atoms with Crippen molar-refractivity contribution in [3.05, 3.63) is 11.1 Å². The van der Waals surface area contributed by atoms with Gasteiger partial charge in [0, 0.05) is 44.4 Å². The first-order chi connectivity index (χ1) is 10.5. The van der Waals surface area contributed by atoms with Crippen molar-refractivity contribution in [1.29, 1.82) is 0 Å². The highest BCUT2D eigenvalue weighted by atomic mass is 32.1. The minimum absolute atomic E-state index is 0.0519. The number of anilines is 1. The zero-order valence-corrected chi connectivity index (χ0v) is 13.9. The van der Waals surface area contributed by atoms with Crippen LogP contribution in [0.15, 0.2) is 5.38 Å². The fourth-order valence-electron chi connectivity index (χ4n) is 2.38. The lowest BCUT2D eigenvalue weighted by atomic mass is 10.1. The van der Waals surface area contributed by atoms with Crippen molar-refractivity contribution in [3.8, 4) is 0 Å². The Kier molecular flexibility index (Phi) is 5.73. The number of amides is 2. The van der Waals surface area contributed by atoms with Crippen LogP contribution in [-0.4, -0.2) is 66.9 Å². The lowest BCUT2D eigenvalue weighted by Gasteiger charge is -2.19. The van der Waals surface area contributed by atoms with Crippen molar-refractivity contribution in [2.45, 2.75) is 12.8 Å². The van der Waals surface area contributed by atoms with Crippen LogP contribution in [-0.2, 0) is 16.0 Å². The van der Waals surface area contributed by atoms with E-state index < -0.39 is 0 Å². The smallest absolute Gasteiger partial charge is 0.225 e. The zero-order valence-electron chi connectivity index (χ0n) is 13.0. The maximum atomic E-state index is 12.1. The second kappa shape index (κ2) is 7.55. The van der Waals surface area contributed by atoms with Gasteiger partial charge in [-0.15, -0.1) is 11.3 Å². The average Bonchev–Trinajstić information content (AvgIpc) is 3.03. The van der Waals surface area contributed by atoms with Crippen LogP contribution in [0.25, 0.3) is 0 Å². The second-order valence-electron chi connectivity index (χ2n) is 5.76. The number of aromatic nitrogens is 1. The predicted molar refractivity (Wildman–Crippen MR) is 86.5 cm³/mol. The van der Waals surface area contributed by atoms with Gasteiger partial charge in [-0.1, -0.05) is 0 Å². The molecule has 122 valence electrons. The average molecular weight is 325 g/mol. The standard InChI is InChI=1S/C14H23N5O2S/c1-18(2)5-6-19-8-10(7-12(19)20)13(21)16-4-3-11-9-22-14(15)17-11/h9-10H,3-8H2,1-2H3,(H2,15,17)(H,16,21)/t10-/m0/s1. The number of carbonyl (C=O) groups excluding carboxylic acids is 2. The van der Waals surface area contributed by atoms with Crippen LogP contribution in [0.4, 0.5) is 5.13 Å². The first-order valence-corrected chi connectivity index (χ1v) is 8.23. The van der Waals surface area contributed by atoms with E-state index in [-0.39, 0.29) is 17.7 Å². The molecule has 1 aliphatic heterocycles. The summed E-state index contributed by atoms with van der Waals surface area (Å²) in [6.07, 6.45) is 0.966. The van der Waals surface area contributed by atoms with Crippen LogP contribution in [0.1, 0.15) is 12.1 Å². The Morgan fingerprint density at radius 3 is 3.00 bits per heavy atom. The molecule has 2 amide bonds. The molecule has 0 aromatic carbocycles. The lowest BCUT2D eigenvalue weighted by Crippen LogP contribution is -2.36. The number of hydrogen-bond donors (Lipinski definition) is 2. The van der Waals surface area contributed by atoms with E-state index in [2.05, 4.69) is 10.3 Å². The molecular weight excluding hydrogens is 302 g/mol. The molecule has 1 aliphatic rings. The van der Waals surface area contributed by atoms with Crippen molar-refractivity contribution in [3.63, 3.8) is 0 Å². The van der Waals surface area contributed by atoms with E-state index in [0.717, 1.165) is 12.2 Å². The van der Waals surface area contributed by atoms with E-state index in [1.165, 1.54) is 11.3 Å². The van der Waals surface area contributed by atoms with Gasteiger partial charge in [0.05, 0.1) is 11.6 Å². The monoisotopic (exact) mass is 325 g/mol. The summed E-state index contributed by atoms with van der Waals surface area (Å²) < 4.78 is 0. The minimum Gasteiger partial charge on any atom is -0.375 e. The Balaban J connectivity index is 1.72. The van der Waals surface area contributed by atoms with E-state index >= 15 is 0 Å². The third-order valence-corrected chi connectivity index (χ3v) is 4.38. The fraction of sp³-hybridized carbons (Fsp3) is 0.643. The van der Waals surface area contributed by atoms with Crippen molar-refractivity contribution in [2.75, 3.05) is 46.0 Å². The van der Waals surface area contributed by atoms with Gasteiger partial charge in [-0.2, -0.15) is 0 Å². The molecule has 1 atom stereocenters. The summed E-state index contributed by atoms with van der Waals surface area (Å²) in [5.74, 6) is -0.228. The summed E-state index contributed by atoms with van der Waals surface area (Å²) in [6.45, 7) is 2.52. The van der Waals surface area contributed by atoms with Gasteiger partial charge in [0.1, 0.15) is 0 Å². The SMILES string of the molecule is CN(C)CCN1C[C@@H](C(=O)NCCc2csc(N)n2)CC1=O. The first kappa shape index (κ1) is 16.7. The molecule has 2 heterocycles. The number of nitrogens with one attached hydrogen (secondary N) is 1. The molecule has 0 unspecified atom stereocenters. The third-order valence-electron chi connectivity index (χ3n) is 3.65. The van der Waals surface area contributed by atoms with Crippen molar-refractivity contribution >= 4 is 28.3 Å². The number of nitrogens with two attached hydrogens (primary N) is 1. The summed E-state index contributed by atoms with van der Waals surface area (Å²) in [4.78, 5) is 32.0. The summed E-state index contributed by atoms with van der Waals surface area (Å²) >= 11 is 1.40. The number of rotatable bonds is 7. The summed E-state index contributed by atoms with van der Waals surface area (Å²) in [5.41, 5.74) is 6.45. The quantitative estimate of drug-likeness (QED) is 0.724. The van der Waals surface area contributed by atoms with Crippen LogP contribution in [0.5, 0.6) is 0 Å². The Bertz CT molecular complexity index is 531. The van der Waals surface area contributed by atoms with E-state index in [0.29, 0.717) is 37.6 Å². The number of nitrogen functional groups attached to an aromatic ring is 1. The Morgan fingerprint density at radius 1 is 1.59 bits per heavy atom. The van der Waals surface area contributed by atoms with Gasteiger partial charge in [-0.3, -0.25) is 9.59 Å². The summed E-state index contributed by atoms with van der Waals surface area (Å²) in [6, 6.07) is 0. The molecular formula is C14H23N5O2S. The van der Waals surface area contributed by atoms with E-state index in [4.69, 9.17) is 5.73 Å². The van der Waals surface area contributed by atoms with Crippen LogP contribution in [0, 0.1) is 5.92 Å². The molecule has 0 spiro atoms. The van der Waals surface area contributed by atoms with Gasteiger partial charge in [-0.05, 0) is 14.1 Å². The molecule has 8 heteroatoms. The highest BCUT2D eigenvalue weighted by Gasteiger charge is 2.33. The molecule has 1 aromatic heterocycles. The van der Waals surface area contributed by atoms with Crippen molar-refractivity contribution < 1.29 is 9.59 Å². The molecule has 0 bridgehead atoms. The molecule has 2 rings (SSSR count). The topological polar surface area (TPSA) is 91.6 Å². The zero-order chi connectivity index (χ0) is 16.1. The maximum Gasteiger partial charge on any atom is 0.225 e.